The van der Waals surface area contributed by atoms with Crippen molar-refractivity contribution in [2.75, 3.05) is 33.8 Å². The minimum atomic E-state index is -3.97. The molecule has 0 spiro atoms. The fourth-order valence-corrected chi connectivity index (χ4v) is 8.34. The number of rotatable bonds is 8. The summed E-state index contributed by atoms with van der Waals surface area (Å²) in [6.45, 7) is 5.88. The molecule has 162 valence electrons. The maximum Gasteiger partial charge on any atom is 0.566 e. The van der Waals surface area contributed by atoms with E-state index in [9.17, 15) is 4.57 Å². The van der Waals surface area contributed by atoms with Gasteiger partial charge in [-0.25, -0.2) is 13.9 Å². The fraction of sp³-hybridized carbons (Fsp3) is 0.333. The average Bonchev–Trinajstić information content (AvgIpc) is 2.97. The topological polar surface area (TPSA) is 63.6 Å². The first-order valence-corrected chi connectivity index (χ1v) is 12.8. The van der Waals surface area contributed by atoms with Crippen molar-refractivity contribution in [2.24, 2.45) is 4.52 Å². The molecule has 2 aromatic carbocycles. The molecule has 1 heterocycles. The zero-order chi connectivity index (χ0) is 21.6. The van der Waals surface area contributed by atoms with E-state index in [0.717, 1.165) is 18.7 Å². The molecule has 0 aliphatic carbocycles. The standard InChI is InChI=1S/C21H29N3O4P2/c1-19(2)15-18-26-29(23(3)16-17-24(29)4)22-30(25,27-20-11-7-5-8-12-20)28-21-13-9-6-10-14-21/h5-15H,16-18H2,1-4H3. The first-order chi connectivity index (χ1) is 14.3. The number of benzene rings is 2. The molecule has 0 atom stereocenters. The Morgan fingerprint density at radius 2 is 1.43 bits per heavy atom. The summed E-state index contributed by atoms with van der Waals surface area (Å²) in [6, 6.07) is 17.9. The van der Waals surface area contributed by atoms with E-state index in [0.29, 0.717) is 18.1 Å². The van der Waals surface area contributed by atoms with E-state index in [4.69, 9.17) is 18.1 Å². The van der Waals surface area contributed by atoms with Crippen LogP contribution in [0.25, 0.3) is 0 Å². The SMILES string of the molecule is CC(C)=CCOP1(=NP(=O)(Oc2ccccc2)Oc2ccccc2)N(C)CCN1C. The lowest BCUT2D eigenvalue weighted by atomic mass is 10.3. The van der Waals surface area contributed by atoms with Crippen LogP contribution in [0.3, 0.4) is 0 Å². The molecular formula is C21H29N3O4P2. The maximum atomic E-state index is 14.0. The summed E-state index contributed by atoms with van der Waals surface area (Å²) in [7, 11) is -2.86. The molecule has 0 N–H and O–H groups in total. The highest BCUT2D eigenvalue weighted by Crippen LogP contribution is 2.67. The Morgan fingerprint density at radius 3 is 1.87 bits per heavy atom. The summed E-state index contributed by atoms with van der Waals surface area (Å²) >= 11 is 0. The molecule has 1 aliphatic heterocycles. The Morgan fingerprint density at radius 1 is 0.967 bits per heavy atom. The van der Waals surface area contributed by atoms with Gasteiger partial charge in [0.2, 0.25) is 7.58 Å². The summed E-state index contributed by atoms with van der Waals surface area (Å²) in [5.74, 6) is 0.847. The molecule has 0 radical (unpaired) electrons. The lowest BCUT2D eigenvalue weighted by Crippen LogP contribution is -2.17. The van der Waals surface area contributed by atoms with Crippen LogP contribution in [-0.2, 0) is 9.09 Å². The van der Waals surface area contributed by atoms with Crippen LogP contribution in [0.4, 0.5) is 0 Å². The molecule has 3 rings (SSSR count). The summed E-state index contributed by atoms with van der Waals surface area (Å²) in [6.07, 6.45) is 1.98. The summed E-state index contributed by atoms with van der Waals surface area (Å²) in [5.41, 5.74) is 1.14. The second kappa shape index (κ2) is 9.95. The van der Waals surface area contributed by atoms with Crippen LogP contribution >= 0.6 is 15.3 Å². The van der Waals surface area contributed by atoms with Crippen LogP contribution in [-0.4, -0.2) is 43.1 Å². The number of hydrogen-bond donors (Lipinski definition) is 0. The summed E-state index contributed by atoms with van der Waals surface area (Å²) < 4.78 is 40.7. The molecule has 2 aromatic rings. The summed E-state index contributed by atoms with van der Waals surface area (Å²) in [4.78, 5) is 0. The number of likely N-dealkylation sites (N-methyl/N-ethyl adjacent to an activating group) is 2. The van der Waals surface area contributed by atoms with Crippen molar-refractivity contribution in [2.45, 2.75) is 13.8 Å². The lowest BCUT2D eigenvalue weighted by Gasteiger charge is -2.31. The van der Waals surface area contributed by atoms with Gasteiger partial charge in [0.05, 0.1) is 6.61 Å². The normalized spacial score (nSPS) is 16.8. The second-order valence-electron chi connectivity index (χ2n) is 7.22. The molecule has 0 amide bonds. The number of para-hydroxylation sites is 2. The van der Waals surface area contributed by atoms with E-state index in [1.807, 2.05) is 79.8 Å². The largest absolute Gasteiger partial charge is 0.566 e. The van der Waals surface area contributed by atoms with Crippen molar-refractivity contribution in [1.82, 2.24) is 9.34 Å². The predicted molar refractivity (Wildman–Crippen MR) is 122 cm³/mol. The molecule has 1 fully saturated rings. The quantitative estimate of drug-likeness (QED) is 0.361. The van der Waals surface area contributed by atoms with Crippen molar-refractivity contribution >= 4 is 15.3 Å². The van der Waals surface area contributed by atoms with Crippen LogP contribution in [0.1, 0.15) is 13.8 Å². The van der Waals surface area contributed by atoms with Gasteiger partial charge in [-0.15, -0.1) is 4.52 Å². The molecule has 9 heteroatoms. The van der Waals surface area contributed by atoms with Crippen molar-refractivity contribution in [3.8, 4) is 11.5 Å². The van der Waals surface area contributed by atoms with Gasteiger partial charge in [0.25, 0.3) is 0 Å². The highest BCUT2D eigenvalue weighted by molar-refractivity contribution is 7.67. The van der Waals surface area contributed by atoms with Gasteiger partial charge in [0.1, 0.15) is 11.5 Å². The number of nitrogens with zero attached hydrogens (tertiary/aromatic N) is 3. The Labute approximate surface area is 179 Å². The third-order valence-electron chi connectivity index (χ3n) is 4.53. The molecule has 1 aliphatic rings. The minimum Gasteiger partial charge on any atom is -0.399 e. The van der Waals surface area contributed by atoms with E-state index in [-0.39, 0.29) is 0 Å². The molecule has 1 saturated heterocycles. The van der Waals surface area contributed by atoms with E-state index in [1.165, 1.54) is 0 Å². The van der Waals surface area contributed by atoms with Gasteiger partial charge in [-0.05, 0) is 52.2 Å². The first-order valence-electron chi connectivity index (χ1n) is 9.77. The van der Waals surface area contributed by atoms with Gasteiger partial charge in [0, 0.05) is 13.1 Å². The molecule has 7 nitrogen and oxygen atoms in total. The molecule has 0 saturated carbocycles. The van der Waals surface area contributed by atoms with Crippen LogP contribution in [0, 0.1) is 0 Å². The van der Waals surface area contributed by atoms with Gasteiger partial charge in [-0.3, -0.25) is 0 Å². The second-order valence-corrected chi connectivity index (χ2v) is 11.9. The molecular weight excluding hydrogens is 420 g/mol. The Hall–Kier alpha value is -1.88. The van der Waals surface area contributed by atoms with E-state index in [1.54, 1.807) is 24.3 Å². The third kappa shape index (κ3) is 5.63. The maximum absolute atomic E-state index is 14.0. The monoisotopic (exact) mass is 449 g/mol. The van der Waals surface area contributed by atoms with E-state index < -0.39 is 15.3 Å². The van der Waals surface area contributed by atoms with Crippen molar-refractivity contribution in [3.05, 3.63) is 72.3 Å². The van der Waals surface area contributed by atoms with Gasteiger partial charge in [-0.2, -0.15) is 0 Å². The van der Waals surface area contributed by atoms with Crippen molar-refractivity contribution < 1.29 is 18.1 Å². The number of hydrogen-bond acceptors (Lipinski definition) is 4. The zero-order valence-corrected chi connectivity index (χ0v) is 19.6. The fourth-order valence-electron chi connectivity index (χ4n) is 2.90. The average molecular weight is 449 g/mol. The van der Waals surface area contributed by atoms with Gasteiger partial charge in [-0.1, -0.05) is 48.0 Å². The van der Waals surface area contributed by atoms with E-state index in [2.05, 4.69) is 0 Å². The van der Waals surface area contributed by atoms with Crippen LogP contribution in [0.2, 0.25) is 0 Å². The Bertz CT molecular complexity index is 903. The van der Waals surface area contributed by atoms with Crippen molar-refractivity contribution in [3.63, 3.8) is 0 Å². The first kappa shape index (κ1) is 22.8. The predicted octanol–water partition coefficient (Wildman–Crippen LogP) is 6.06. The van der Waals surface area contributed by atoms with E-state index >= 15 is 0 Å². The molecule has 0 unspecified atom stereocenters. The molecule has 0 aromatic heterocycles. The Kier molecular flexibility index (Phi) is 7.56. The van der Waals surface area contributed by atoms with Crippen LogP contribution < -0.4 is 9.05 Å². The van der Waals surface area contributed by atoms with Gasteiger partial charge in [0.15, 0.2) is 0 Å². The Balaban J connectivity index is 2.05. The number of allylic oxidation sites excluding steroid dienone is 1. The van der Waals surface area contributed by atoms with Crippen molar-refractivity contribution in [1.29, 1.82) is 0 Å². The zero-order valence-electron chi connectivity index (χ0n) is 17.8. The highest BCUT2D eigenvalue weighted by atomic mass is 31.2. The highest BCUT2D eigenvalue weighted by Gasteiger charge is 2.43. The molecule has 0 bridgehead atoms. The van der Waals surface area contributed by atoms with Gasteiger partial charge < -0.3 is 13.6 Å². The van der Waals surface area contributed by atoms with Crippen LogP contribution in [0.15, 0.2) is 76.8 Å². The summed E-state index contributed by atoms with van der Waals surface area (Å²) in [5, 5.41) is 0. The third-order valence-corrected chi connectivity index (χ3v) is 9.90. The van der Waals surface area contributed by atoms with Crippen LogP contribution in [0.5, 0.6) is 11.5 Å². The minimum absolute atomic E-state index is 0.366. The lowest BCUT2D eigenvalue weighted by molar-refractivity contribution is 0.336. The smallest absolute Gasteiger partial charge is 0.399 e. The molecule has 30 heavy (non-hydrogen) atoms. The van der Waals surface area contributed by atoms with Gasteiger partial charge >= 0.3 is 7.75 Å².